The summed E-state index contributed by atoms with van der Waals surface area (Å²) < 4.78 is 28.4. The van der Waals surface area contributed by atoms with Crippen LogP contribution in [-0.4, -0.2) is 152 Å². The second-order valence-corrected chi connectivity index (χ2v) is 38.0. The number of benzene rings is 2. The molecule has 4 aliphatic heterocycles. The maximum Gasteiger partial charge on any atom is 0.255 e. The second kappa shape index (κ2) is 51.7. The molecule has 8 heterocycles. The number of hydrogen-bond acceptors (Lipinski definition) is 16. The molecule has 4 aromatic heterocycles. The minimum Gasteiger partial charge on any atom is -0.367 e. The van der Waals surface area contributed by atoms with Gasteiger partial charge in [0.1, 0.15) is 23.3 Å². The zero-order valence-electron chi connectivity index (χ0n) is 76.9. The van der Waals surface area contributed by atoms with Gasteiger partial charge in [-0.25, -0.2) is 28.7 Å². The summed E-state index contributed by atoms with van der Waals surface area (Å²) in [4.78, 5) is 73.9. The van der Waals surface area contributed by atoms with Crippen LogP contribution in [0.5, 0.6) is 0 Å². The van der Waals surface area contributed by atoms with E-state index < -0.39 is 11.6 Å². The molecule has 4 saturated heterocycles. The molecule has 122 heavy (non-hydrogen) atoms. The van der Waals surface area contributed by atoms with Crippen LogP contribution in [0, 0.1) is 35.3 Å². The third kappa shape index (κ3) is 35.4. The van der Waals surface area contributed by atoms with Crippen molar-refractivity contribution in [2.45, 2.75) is 324 Å². The number of nitrogens with zero attached hydrogens (tertiary/aromatic N) is 6. The molecular formula is C98H152Cl2F2N16O4. The van der Waals surface area contributed by atoms with E-state index in [1.54, 1.807) is 12.4 Å². The molecule has 6 atom stereocenters. The summed E-state index contributed by atoms with van der Waals surface area (Å²) in [5.74, 6) is 1.97. The van der Waals surface area contributed by atoms with Crippen molar-refractivity contribution in [1.82, 2.24) is 61.6 Å². The van der Waals surface area contributed by atoms with Crippen molar-refractivity contribution in [2.75, 3.05) is 73.6 Å². The molecule has 0 bridgehead atoms. The van der Waals surface area contributed by atoms with Crippen LogP contribution in [-0.2, 0) is 13.1 Å². The fraction of sp³-hybridized carbons (Fsp3) is 0.633. The lowest BCUT2D eigenvalue weighted by Gasteiger charge is -2.46. The van der Waals surface area contributed by atoms with Crippen molar-refractivity contribution in [3.8, 4) is 0 Å². The number of halogens is 4. The molecule has 0 saturated carbocycles. The molecule has 676 valence electrons. The first-order valence-electron chi connectivity index (χ1n) is 46.2. The van der Waals surface area contributed by atoms with E-state index in [1.165, 1.54) is 61.8 Å². The highest BCUT2D eigenvalue weighted by atomic mass is 35.5. The average molecular weight is 1730 g/mol. The van der Waals surface area contributed by atoms with E-state index >= 15 is 0 Å². The highest BCUT2D eigenvalue weighted by Crippen LogP contribution is 2.35. The number of likely N-dealkylation sites (tertiary alicyclic amines) is 2. The Kier molecular flexibility index (Phi) is 43.0. The molecule has 0 spiro atoms. The fourth-order valence-electron chi connectivity index (χ4n) is 17.9. The van der Waals surface area contributed by atoms with Crippen molar-refractivity contribution < 1.29 is 28.0 Å². The van der Waals surface area contributed by atoms with Gasteiger partial charge in [0.2, 0.25) is 0 Å². The van der Waals surface area contributed by atoms with E-state index in [9.17, 15) is 28.0 Å². The third-order valence-electron chi connectivity index (χ3n) is 24.1. The minimum atomic E-state index is -0.684. The Morgan fingerprint density at radius 3 is 1.02 bits per heavy atom. The van der Waals surface area contributed by atoms with Crippen LogP contribution >= 0.6 is 23.2 Å². The summed E-state index contributed by atoms with van der Waals surface area (Å²) in [5, 5.41) is 33.0. The number of rotatable bonds is 40. The molecule has 6 unspecified atom stereocenters. The van der Waals surface area contributed by atoms with E-state index in [-0.39, 0.29) is 85.3 Å². The second-order valence-electron chi connectivity index (χ2n) is 37.3. The Balaban J connectivity index is 0.000000224. The lowest BCUT2D eigenvalue weighted by atomic mass is 9.79. The summed E-state index contributed by atoms with van der Waals surface area (Å²) in [6.45, 7) is 43.3. The minimum absolute atomic E-state index is 0.0255. The first-order chi connectivity index (χ1) is 58.3. The molecule has 0 radical (unpaired) electrons. The van der Waals surface area contributed by atoms with E-state index in [0.29, 0.717) is 77.2 Å². The molecule has 6 aromatic rings. The maximum absolute atomic E-state index is 14.2. The van der Waals surface area contributed by atoms with Crippen LogP contribution in [0.25, 0.3) is 0 Å². The van der Waals surface area contributed by atoms with Gasteiger partial charge < -0.3 is 53.2 Å². The number of carbonyl (C=O) groups is 4. The number of aromatic nitrogens is 4. The highest BCUT2D eigenvalue weighted by molar-refractivity contribution is 6.30. The van der Waals surface area contributed by atoms with Gasteiger partial charge in [-0.2, -0.15) is 0 Å². The van der Waals surface area contributed by atoms with Gasteiger partial charge in [-0.1, -0.05) is 216 Å². The Bertz CT molecular complexity index is 4070. The van der Waals surface area contributed by atoms with E-state index in [0.717, 1.165) is 168 Å². The van der Waals surface area contributed by atoms with Crippen LogP contribution in [0.2, 0.25) is 10.3 Å². The number of pyridine rings is 4. The Hall–Kier alpha value is -7.60. The number of anilines is 4. The smallest absolute Gasteiger partial charge is 0.255 e. The van der Waals surface area contributed by atoms with Gasteiger partial charge in [0, 0.05) is 111 Å². The summed E-state index contributed by atoms with van der Waals surface area (Å²) in [5.41, 5.74) is 4.27. The van der Waals surface area contributed by atoms with Crippen molar-refractivity contribution in [1.29, 1.82) is 0 Å². The van der Waals surface area contributed by atoms with Crippen molar-refractivity contribution in [3.05, 3.63) is 165 Å². The van der Waals surface area contributed by atoms with E-state index in [4.69, 9.17) is 23.2 Å². The monoisotopic (exact) mass is 1730 g/mol. The molecule has 4 aliphatic rings. The molecule has 24 heteroatoms. The van der Waals surface area contributed by atoms with Gasteiger partial charge in [0.05, 0.1) is 22.3 Å². The Labute approximate surface area is 741 Å². The number of piperidine rings is 4. The predicted molar refractivity (Wildman–Crippen MR) is 502 cm³/mol. The molecule has 10 rings (SSSR count). The quantitative estimate of drug-likeness (QED) is 0.0161. The molecular weight excluding hydrogens is 1570 g/mol. The summed E-state index contributed by atoms with van der Waals surface area (Å²) in [6.07, 6.45) is 29.5. The van der Waals surface area contributed by atoms with Gasteiger partial charge in [0.15, 0.2) is 21.9 Å². The molecule has 4 amide bonds. The number of hydrogen-bond donors (Lipinski definition) is 10. The summed E-state index contributed by atoms with van der Waals surface area (Å²) in [7, 11) is 0. The third-order valence-corrected chi connectivity index (χ3v) is 24.6. The Morgan fingerprint density at radius 2 is 0.713 bits per heavy atom. The van der Waals surface area contributed by atoms with Gasteiger partial charge >= 0.3 is 0 Å². The zero-order chi connectivity index (χ0) is 88.8. The van der Waals surface area contributed by atoms with Gasteiger partial charge in [-0.3, -0.25) is 29.0 Å². The summed E-state index contributed by atoms with van der Waals surface area (Å²) in [6, 6.07) is 31.6. The standard InChI is InChI=1S/C26H36ClFN4O.C26H38N4O.C23H38ClFN4O.C23H40N4O/c1-3-5-10-19(4-2)16-29-26(33)22-15-23(28)24(27)31-25(22)30-21-13-9-14-32(18-21)17-20-11-7-6-8-12-20;1-3-5-11-21(4-2)18-28-26(31)24-15-9-16-27-25(24)29-23-14-10-17-30(20-23)19-22-12-7-6-8-13-22;1-7-9-10-15(8-2)14-26-21(30)17-11-18(25)19(24)28-20(17)27-16-12-22(3,4)29-23(5,6)13-16;1-7-9-11-17(8-2)16-25-21(28)19-12-10-13-24-20(19)26-18-14-22(3,4)27-23(5,6)15-18/h6-8,11-12,15,19,21H,3-5,9-10,13-14,16-18H2,1-2H3,(H,29,33)(H,30,31);6-9,12-13,15-16,21,23H,3-5,10-11,14,17-20H2,1-2H3,(H,27,29)(H,28,31);11,15-16,29H,7-10,12-14H2,1-6H3,(H,26,30)(H,27,28);10,12-13,17-18,27H,7-9,11,14-16H2,1-6H3,(H,24,26)(H,25,28). The van der Waals surface area contributed by atoms with Crippen LogP contribution in [0.1, 0.15) is 317 Å². The molecule has 10 N–H and O–H groups in total. The largest absolute Gasteiger partial charge is 0.367 e. The van der Waals surface area contributed by atoms with Crippen molar-refractivity contribution >= 4 is 70.1 Å². The van der Waals surface area contributed by atoms with Crippen molar-refractivity contribution in [3.63, 3.8) is 0 Å². The number of unbranched alkanes of at least 4 members (excludes halogenated alkanes) is 4. The van der Waals surface area contributed by atoms with Gasteiger partial charge in [-0.15, -0.1) is 0 Å². The van der Waals surface area contributed by atoms with Crippen LogP contribution in [0.15, 0.2) is 109 Å². The van der Waals surface area contributed by atoms with Gasteiger partial charge in [-0.05, 0) is 217 Å². The molecule has 2 aromatic carbocycles. The van der Waals surface area contributed by atoms with Crippen LogP contribution < -0.4 is 53.2 Å². The number of carbonyl (C=O) groups excluding carboxylic acids is 4. The van der Waals surface area contributed by atoms with Gasteiger partial charge in [0.25, 0.3) is 23.6 Å². The van der Waals surface area contributed by atoms with E-state index in [2.05, 4.69) is 248 Å². The topological polar surface area (TPSA) is 247 Å². The zero-order valence-corrected chi connectivity index (χ0v) is 78.4. The first kappa shape index (κ1) is 101. The van der Waals surface area contributed by atoms with Crippen molar-refractivity contribution in [2.24, 2.45) is 23.7 Å². The maximum atomic E-state index is 14.2. The number of amides is 4. The summed E-state index contributed by atoms with van der Waals surface area (Å²) >= 11 is 11.9. The first-order valence-corrected chi connectivity index (χ1v) is 47.0. The van der Waals surface area contributed by atoms with Crippen LogP contribution in [0.4, 0.5) is 32.1 Å². The van der Waals surface area contributed by atoms with Crippen LogP contribution in [0.3, 0.4) is 0 Å². The lowest BCUT2D eigenvalue weighted by molar-refractivity contribution is 0.0937. The number of nitrogens with one attached hydrogen (secondary N) is 10. The predicted octanol–water partition coefficient (Wildman–Crippen LogP) is 21.3. The lowest BCUT2D eigenvalue weighted by Crippen LogP contribution is -2.60. The van der Waals surface area contributed by atoms with E-state index in [1.807, 2.05) is 30.3 Å². The average Bonchev–Trinajstić information content (AvgIpc) is 0.799. The normalized spacial score (nSPS) is 18.6. The molecule has 0 aliphatic carbocycles. The fourth-order valence-corrected chi connectivity index (χ4v) is 18.2. The Morgan fingerprint density at radius 1 is 0.418 bits per heavy atom. The highest BCUT2D eigenvalue weighted by Gasteiger charge is 2.40. The molecule has 20 nitrogen and oxygen atoms in total. The molecule has 4 fully saturated rings. The SMILES string of the molecule is CCCCC(CC)CNC(=O)c1cc(F)c(Cl)nc1NC1CC(C)(C)NC(C)(C)C1.CCCCC(CC)CNC(=O)c1cc(F)c(Cl)nc1NC1CCCN(Cc2ccccc2)C1.CCCCC(CC)CNC(=O)c1cccnc1NC1CC(C)(C)NC(C)(C)C1.CCCCC(CC)CNC(=O)c1cccnc1NC1CCCN(Cc2ccccc2)C1.